The number of hydrogen-bond acceptors (Lipinski definition) is 2. The standard InChI is InChI=1S/C18H34N2O/c1-5-9-16-19-15(12-14(2)3)17(21)20(16)13-18(4)10-7-6-8-11-18/h14-16,19H,5-13H2,1-4H3. The monoisotopic (exact) mass is 294 g/mol. The normalized spacial score (nSPS) is 29.4. The Labute approximate surface area is 130 Å². The van der Waals surface area contributed by atoms with E-state index in [1.165, 1.54) is 32.1 Å². The molecule has 1 N–H and O–H groups in total. The maximum absolute atomic E-state index is 12.8. The molecule has 0 radical (unpaired) electrons. The van der Waals surface area contributed by atoms with E-state index in [0.717, 1.165) is 25.8 Å². The first-order valence-corrected chi connectivity index (χ1v) is 9.02. The molecular weight excluding hydrogens is 260 g/mol. The molecule has 21 heavy (non-hydrogen) atoms. The minimum absolute atomic E-state index is 0.0498. The molecule has 0 spiro atoms. The van der Waals surface area contributed by atoms with Crippen molar-refractivity contribution in [1.82, 2.24) is 10.2 Å². The third-order valence-corrected chi connectivity index (χ3v) is 5.23. The number of rotatable bonds is 6. The summed E-state index contributed by atoms with van der Waals surface area (Å²) in [5.41, 5.74) is 0.342. The molecular formula is C18H34N2O. The Balaban J connectivity index is 2.04. The SMILES string of the molecule is CCCC1NC(CC(C)C)C(=O)N1CC1(C)CCCCC1. The van der Waals surface area contributed by atoms with Gasteiger partial charge in [0.1, 0.15) is 0 Å². The summed E-state index contributed by atoms with van der Waals surface area (Å²) in [4.78, 5) is 15.0. The zero-order valence-electron chi connectivity index (χ0n) is 14.5. The average Bonchev–Trinajstić information content (AvgIpc) is 2.68. The molecule has 0 aromatic rings. The maximum Gasteiger partial charge on any atom is 0.241 e. The number of nitrogens with one attached hydrogen (secondary N) is 1. The van der Waals surface area contributed by atoms with Crippen LogP contribution in [-0.4, -0.2) is 29.6 Å². The highest BCUT2D eigenvalue weighted by Gasteiger charge is 2.41. The minimum atomic E-state index is 0.0498. The largest absolute Gasteiger partial charge is 0.325 e. The molecule has 0 bridgehead atoms. The smallest absolute Gasteiger partial charge is 0.241 e. The summed E-state index contributed by atoms with van der Waals surface area (Å²) in [6, 6.07) is 0.0498. The van der Waals surface area contributed by atoms with Crippen molar-refractivity contribution in [1.29, 1.82) is 0 Å². The Morgan fingerprint density at radius 2 is 1.95 bits per heavy atom. The lowest BCUT2D eigenvalue weighted by Gasteiger charge is -2.38. The highest BCUT2D eigenvalue weighted by Crippen LogP contribution is 2.38. The van der Waals surface area contributed by atoms with Crippen molar-refractivity contribution in [3.05, 3.63) is 0 Å². The molecule has 3 heteroatoms. The molecule has 1 heterocycles. The average molecular weight is 294 g/mol. The number of hydrogen-bond donors (Lipinski definition) is 1. The second-order valence-electron chi connectivity index (χ2n) is 7.99. The van der Waals surface area contributed by atoms with Crippen molar-refractivity contribution in [3.63, 3.8) is 0 Å². The molecule has 2 unspecified atom stereocenters. The van der Waals surface area contributed by atoms with Crippen LogP contribution in [0, 0.1) is 11.3 Å². The van der Waals surface area contributed by atoms with E-state index in [9.17, 15) is 4.79 Å². The summed E-state index contributed by atoms with van der Waals surface area (Å²) < 4.78 is 0. The summed E-state index contributed by atoms with van der Waals surface area (Å²) in [5.74, 6) is 0.924. The van der Waals surface area contributed by atoms with Gasteiger partial charge in [-0.15, -0.1) is 0 Å². The topological polar surface area (TPSA) is 32.3 Å². The lowest BCUT2D eigenvalue weighted by molar-refractivity contribution is -0.132. The van der Waals surface area contributed by atoms with Gasteiger partial charge in [-0.2, -0.15) is 0 Å². The van der Waals surface area contributed by atoms with Crippen LogP contribution in [0.15, 0.2) is 0 Å². The van der Waals surface area contributed by atoms with Gasteiger partial charge in [0.2, 0.25) is 5.91 Å². The Kier molecular flexibility index (Phi) is 5.70. The van der Waals surface area contributed by atoms with E-state index in [2.05, 4.69) is 37.9 Å². The van der Waals surface area contributed by atoms with Gasteiger partial charge in [0.05, 0.1) is 12.2 Å². The fourth-order valence-electron chi connectivity index (χ4n) is 4.06. The highest BCUT2D eigenvalue weighted by molar-refractivity contribution is 5.84. The van der Waals surface area contributed by atoms with Gasteiger partial charge in [-0.1, -0.05) is 53.4 Å². The summed E-state index contributed by atoms with van der Waals surface area (Å²) >= 11 is 0. The summed E-state index contributed by atoms with van der Waals surface area (Å²) in [6.07, 6.45) is 10.0. The van der Waals surface area contributed by atoms with E-state index in [1.54, 1.807) is 0 Å². The fraction of sp³-hybridized carbons (Fsp3) is 0.944. The van der Waals surface area contributed by atoms with Crippen molar-refractivity contribution in [2.24, 2.45) is 11.3 Å². The van der Waals surface area contributed by atoms with E-state index >= 15 is 0 Å². The van der Waals surface area contributed by atoms with E-state index < -0.39 is 0 Å². The molecule has 2 rings (SSSR count). The van der Waals surface area contributed by atoms with E-state index in [4.69, 9.17) is 0 Å². The second-order valence-corrected chi connectivity index (χ2v) is 7.99. The molecule has 1 saturated carbocycles. The molecule has 1 aliphatic carbocycles. The van der Waals surface area contributed by atoms with Gasteiger partial charge >= 0.3 is 0 Å². The van der Waals surface area contributed by atoms with Gasteiger partial charge in [-0.25, -0.2) is 0 Å². The van der Waals surface area contributed by atoms with Crippen molar-refractivity contribution in [3.8, 4) is 0 Å². The van der Waals surface area contributed by atoms with E-state index in [1.807, 2.05) is 0 Å². The van der Waals surface area contributed by atoms with Crippen LogP contribution in [0.2, 0.25) is 0 Å². The summed E-state index contributed by atoms with van der Waals surface area (Å²) in [5, 5.41) is 3.61. The first-order chi connectivity index (χ1) is 9.95. The van der Waals surface area contributed by atoms with Crippen LogP contribution < -0.4 is 5.32 Å². The van der Waals surface area contributed by atoms with Crippen molar-refractivity contribution in [2.45, 2.75) is 91.3 Å². The Morgan fingerprint density at radius 1 is 1.29 bits per heavy atom. The van der Waals surface area contributed by atoms with Gasteiger partial charge in [-0.3, -0.25) is 10.1 Å². The second kappa shape index (κ2) is 7.13. The third-order valence-electron chi connectivity index (χ3n) is 5.23. The first-order valence-electron chi connectivity index (χ1n) is 9.02. The molecule has 3 nitrogen and oxygen atoms in total. The number of carbonyl (C=O) groups is 1. The zero-order chi connectivity index (χ0) is 15.5. The molecule has 2 fully saturated rings. The molecule has 1 saturated heterocycles. The molecule has 2 aliphatic rings. The van der Waals surface area contributed by atoms with Crippen LogP contribution in [0.25, 0.3) is 0 Å². The van der Waals surface area contributed by atoms with Crippen molar-refractivity contribution >= 4 is 5.91 Å². The van der Waals surface area contributed by atoms with E-state index in [0.29, 0.717) is 17.2 Å². The van der Waals surface area contributed by atoms with Crippen molar-refractivity contribution < 1.29 is 4.79 Å². The van der Waals surface area contributed by atoms with Gasteiger partial charge in [0.25, 0.3) is 0 Å². The van der Waals surface area contributed by atoms with Crippen LogP contribution in [0.4, 0.5) is 0 Å². The molecule has 0 aromatic carbocycles. The Morgan fingerprint density at radius 3 is 2.52 bits per heavy atom. The number of carbonyl (C=O) groups excluding carboxylic acids is 1. The predicted molar refractivity (Wildman–Crippen MR) is 88.0 cm³/mol. The number of amides is 1. The third kappa shape index (κ3) is 4.21. The van der Waals surface area contributed by atoms with Crippen LogP contribution in [-0.2, 0) is 4.79 Å². The van der Waals surface area contributed by atoms with Gasteiger partial charge < -0.3 is 4.90 Å². The highest BCUT2D eigenvalue weighted by atomic mass is 16.2. The van der Waals surface area contributed by atoms with Crippen LogP contribution in [0.3, 0.4) is 0 Å². The van der Waals surface area contributed by atoms with Crippen molar-refractivity contribution in [2.75, 3.05) is 6.54 Å². The van der Waals surface area contributed by atoms with Gasteiger partial charge in [-0.05, 0) is 37.0 Å². The van der Waals surface area contributed by atoms with Crippen LogP contribution in [0.5, 0.6) is 0 Å². The molecule has 1 aliphatic heterocycles. The molecule has 0 aromatic heterocycles. The molecule has 1 amide bonds. The first kappa shape index (κ1) is 16.8. The number of nitrogens with zero attached hydrogens (tertiary/aromatic N) is 1. The fourth-order valence-corrected chi connectivity index (χ4v) is 4.06. The lowest BCUT2D eigenvalue weighted by atomic mass is 9.75. The molecule has 122 valence electrons. The minimum Gasteiger partial charge on any atom is -0.325 e. The maximum atomic E-state index is 12.8. The predicted octanol–water partition coefficient (Wildman–Crippen LogP) is 3.93. The van der Waals surface area contributed by atoms with Crippen LogP contribution in [0.1, 0.15) is 79.1 Å². The van der Waals surface area contributed by atoms with Crippen LogP contribution >= 0.6 is 0 Å². The summed E-state index contributed by atoms with van der Waals surface area (Å²) in [7, 11) is 0. The van der Waals surface area contributed by atoms with E-state index in [-0.39, 0.29) is 12.2 Å². The molecule has 2 atom stereocenters. The van der Waals surface area contributed by atoms with Gasteiger partial charge in [0, 0.05) is 6.54 Å². The summed E-state index contributed by atoms with van der Waals surface area (Å²) in [6.45, 7) is 9.96. The zero-order valence-corrected chi connectivity index (χ0v) is 14.5. The Hall–Kier alpha value is -0.570. The lowest BCUT2D eigenvalue weighted by Crippen LogP contribution is -2.44. The Bertz CT molecular complexity index is 347. The quantitative estimate of drug-likeness (QED) is 0.805. The van der Waals surface area contributed by atoms with Gasteiger partial charge in [0.15, 0.2) is 0 Å².